The van der Waals surface area contributed by atoms with Crippen LogP contribution in [0.25, 0.3) is 0 Å². The lowest BCUT2D eigenvalue weighted by atomic mass is 10.1. The van der Waals surface area contributed by atoms with Gasteiger partial charge in [0.2, 0.25) is 0 Å². The van der Waals surface area contributed by atoms with Crippen LogP contribution in [0, 0.1) is 13.8 Å². The fourth-order valence-corrected chi connectivity index (χ4v) is 3.70. The molecule has 0 aromatic carbocycles. The van der Waals surface area contributed by atoms with Crippen molar-refractivity contribution in [3.8, 4) is 0 Å². The highest BCUT2D eigenvalue weighted by Gasteiger charge is 2.17. The van der Waals surface area contributed by atoms with Crippen molar-refractivity contribution < 1.29 is 0 Å². The van der Waals surface area contributed by atoms with Crippen LogP contribution in [0.15, 0.2) is 0 Å². The number of rotatable bonds is 4. The van der Waals surface area contributed by atoms with E-state index in [1.165, 1.54) is 25.0 Å². The molecule has 0 bridgehead atoms. The topological polar surface area (TPSA) is 63.8 Å². The number of nitrogens with zero attached hydrogens (tertiary/aromatic N) is 2. The summed E-state index contributed by atoms with van der Waals surface area (Å²) in [5, 5.41) is 12.4. The van der Waals surface area contributed by atoms with E-state index in [0.717, 1.165) is 29.2 Å². The number of hydrogen-bond acceptors (Lipinski definition) is 5. The summed E-state index contributed by atoms with van der Waals surface area (Å²) in [6, 6.07) is 0. The molecular formula is C13H20N4S2. The first-order valence-electron chi connectivity index (χ1n) is 6.58. The second-order valence-electron chi connectivity index (χ2n) is 4.87. The molecule has 1 fully saturated rings. The zero-order valence-electron chi connectivity index (χ0n) is 11.4. The maximum atomic E-state index is 5.81. The fourth-order valence-electron chi connectivity index (χ4n) is 2.21. The average molecular weight is 296 g/mol. The van der Waals surface area contributed by atoms with Gasteiger partial charge in [-0.2, -0.15) is 16.9 Å². The lowest BCUT2D eigenvalue weighted by Gasteiger charge is -2.22. The summed E-state index contributed by atoms with van der Waals surface area (Å²) in [5.74, 6) is 1.98. The second kappa shape index (κ2) is 6.52. The number of anilines is 1. The molecule has 1 saturated heterocycles. The molecule has 1 aliphatic rings. The molecule has 1 aromatic heterocycles. The highest BCUT2D eigenvalue weighted by atomic mass is 32.2. The van der Waals surface area contributed by atoms with Gasteiger partial charge in [-0.1, -0.05) is 18.6 Å². The Hall–Kier alpha value is -0.880. The third-order valence-electron chi connectivity index (χ3n) is 3.47. The zero-order valence-corrected chi connectivity index (χ0v) is 13.0. The Balaban J connectivity index is 2.11. The Bertz CT molecular complexity index is 470. The molecule has 0 spiro atoms. The van der Waals surface area contributed by atoms with Gasteiger partial charge in [0.25, 0.3) is 0 Å². The SMILES string of the molecule is Cc1nnc(NCC2CCCCS2)c(C(N)=S)c1C. The van der Waals surface area contributed by atoms with E-state index < -0.39 is 0 Å². The van der Waals surface area contributed by atoms with E-state index in [1.54, 1.807) is 0 Å². The summed E-state index contributed by atoms with van der Waals surface area (Å²) in [4.78, 5) is 0.384. The lowest BCUT2D eigenvalue weighted by Crippen LogP contribution is -2.24. The third-order valence-corrected chi connectivity index (χ3v) is 5.07. The first kappa shape index (κ1) is 14.5. The first-order valence-corrected chi connectivity index (χ1v) is 8.04. The Labute approximate surface area is 123 Å². The van der Waals surface area contributed by atoms with Gasteiger partial charge in [-0.3, -0.25) is 0 Å². The van der Waals surface area contributed by atoms with Crippen LogP contribution in [0.5, 0.6) is 0 Å². The number of hydrogen-bond donors (Lipinski definition) is 2. The van der Waals surface area contributed by atoms with Gasteiger partial charge in [-0.05, 0) is 38.0 Å². The molecule has 2 heterocycles. The Morgan fingerprint density at radius 3 is 2.84 bits per heavy atom. The molecule has 6 heteroatoms. The van der Waals surface area contributed by atoms with E-state index >= 15 is 0 Å². The second-order valence-corrected chi connectivity index (χ2v) is 6.72. The van der Waals surface area contributed by atoms with Crippen molar-refractivity contribution in [1.29, 1.82) is 0 Å². The Morgan fingerprint density at radius 1 is 1.42 bits per heavy atom. The third kappa shape index (κ3) is 3.57. The standard InChI is InChI=1S/C13H20N4S2/c1-8-9(2)16-17-13(11(8)12(14)18)15-7-10-5-3-4-6-19-10/h10H,3-7H2,1-2H3,(H2,14,18)(H,15,17). The van der Waals surface area contributed by atoms with E-state index in [9.17, 15) is 0 Å². The molecular weight excluding hydrogens is 276 g/mol. The monoisotopic (exact) mass is 296 g/mol. The van der Waals surface area contributed by atoms with E-state index in [0.29, 0.717) is 10.2 Å². The maximum absolute atomic E-state index is 5.81. The van der Waals surface area contributed by atoms with Crippen LogP contribution in [0.3, 0.4) is 0 Å². The largest absolute Gasteiger partial charge is 0.389 e. The van der Waals surface area contributed by atoms with Crippen molar-refractivity contribution in [2.75, 3.05) is 17.6 Å². The van der Waals surface area contributed by atoms with Gasteiger partial charge >= 0.3 is 0 Å². The summed E-state index contributed by atoms with van der Waals surface area (Å²) in [6.45, 7) is 4.81. The van der Waals surface area contributed by atoms with Gasteiger partial charge in [0.15, 0.2) is 5.82 Å². The van der Waals surface area contributed by atoms with E-state index in [4.69, 9.17) is 18.0 Å². The molecule has 104 valence electrons. The number of thiocarbonyl (C=S) groups is 1. The lowest BCUT2D eigenvalue weighted by molar-refractivity contribution is 0.676. The van der Waals surface area contributed by atoms with E-state index in [2.05, 4.69) is 15.5 Å². The minimum atomic E-state index is 0.384. The maximum Gasteiger partial charge on any atom is 0.159 e. The highest BCUT2D eigenvalue weighted by molar-refractivity contribution is 7.99. The number of aromatic nitrogens is 2. The van der Waals surface area contributed by atoms with Crippen molar-refractivity contribution in [3.05, 3.63) is 16.8 Å². The predicted octanol–water partition coefficient (Wildman–Crippen LogP) is 2.43. The number of nitrogens with two attached hydrogens (primary N) is 1. The quantitative estimate of drug-likeness (QED) is 0.832. The van der Waals surface area contributed by atoms with E-state index in [1.807, 2.05) is 25.6 Å². The normalized spacial score (nSPS) is 19.2. The number of aryl methyl sites for hydroxylation is 1. The molecule has 4 nitrogen and oxygen atoms in total. The smallest absolute Gasteiger partial charge is 0.159 e. The van der Waals surface area contributed by atoms with Crippen LogP contribution in [0.4, 0.5) is 5.82 Å². The first-order chi connectivity index (χ1) is 9.09. The predicted molar refractivity (Wildman–Crippen MR) is 86.0 cm³/mol. The van der Waals surface area contributed by atoms with Crippen molar-refractivity contribution in [2.24, 2.45) is 5.73 Å². The van der Waals surface area contributed by atoms with Gasteiger partial charge in [0.1, 0.15) is 4.99 Å². The zero-order chi connectivity index (χ0) is 13.8. The molecule has 0 radical (unpaired) electrons. The molecule has 0 aliphatic carbocycles. The summed E-state index contributed by atoms with van der Waals surface area (Å²) in [7, 11) is 0. The summed E-state index contributed by atoms with van der Waals surface area (Å²) in [5.41, 5.74) is 8.54. The minimum Gasteiger partial charge on any atom is -0.389 e. The molecule has 1 aliphatic heterocycles. The van der Waals surface area contributed by atoms with Crippen LogP contribution in [-0.2, 0) is 0 Å². The molecule has 1 atom stereocenters. The Kier molecular flexibility index (Phi) is 4.99. The fraction of sp³-hybridized carbons (Fsp3) is 0.615. The van der Waals surface area contributed by atoms with Crippen molar-refractivity contribution >= 4 is 34.8 Å². The van der Waals surface area contributed by atoms with Crippen LogP contribution in [0.1, 0.15) is 36.1 Å². The molecule has 0 saturated carbocycles. The minimum absolute atomic E-state index is 0.384. The molecule has 0 amide bonds. The van der Waals surface area contributed by atoms with Gasteiger partial charge in [0, 0.05) is 11.8 Å². The highest BCUT2D eigenvalue weighted by Crippen LogP contribution is 2.26. The molecule has 2 rings (SSSR count). The average Bonchev–Trinajstić information content (AvgIpc) is 2.41. The van der Waals surface area contributed by atoms with Gasteiger partial charge in [-0.25, -0.2) is 0 Å². The van der Waals surface area contributed by atoms with Crippen LogP contribution < -0.4 is 11.1 Å². The number of nitrogens with one attached hydrogen (secondary N) is 1. The van der Waals surface area contributed by atoms with Crippen molar-refractivity contribution in [1.82, 2.24) is 10.2 Å². The molecule has 1 aromatic rings. The summed E-state index contributed by atoms with van der Waals surface area (Å²) < 4.78 is 0. The van der Waals surface area contributed by atoms with Crippen LogP contribution >= 0.6 is 24.0 Å². The van der Waals surface area contributed by atoms with Gasteiger partial charge < -0.3 is 11.1 Å². The molecule has 3 N–H and O–H groups in total. The summed E-state index contributed by atoms with van der Waals surface area (Å²) >= 11 is 7.16. The Morgan fingerprint density at radius 2 is 2.21 bits per heavy atom. The van der Waals surface area contributed by atoms with Gasteiger partial charge in [-0.15, -0.1) is 5.10 Å². The number of thioether (sulfide) groups is 1. The van der Waals surface area contributed by atoms with Crippen molar-refractivity contribution in [2.45, 2.75) is 38.4 Å². The van der Waals surface area contributed by atoms with Crippen LogP contribution in [-0.4, -0.2) is 32.7 Å². The van der Waals surface area contributed by atoms with E-state index in [-0.39, 0.29) is 0 Å². The molecule has 19 heavy (non-hydrogen) atoms. The van der Waals surface area contributed by atoms with Crippen molar-refractivity contribution in [3.63, 3.8) is 0 Å². The van der Waals surface area contributed by atoms with Gasteiger partial charge in [0.05, 0.1) is 11.3 Å². The van der Waals surface area contributed by atoms with Crippen LogP contribution in [0.2, 0.25) is 0 Å². The summed E-state index contributed by atoms with van der Waals surface area (Å²) in [6.07, 6.45) is 3.92. The molecule has 1 unspecified atom stereocenters.